The van der Waals surface area contributed by atoms with Crippen LogP contribution in [0.4, 0.5) is 0 Å². The molecule has 1 aliphatic heterocycles. The van der Waals surface area contributed by atoms with E-state index in [0.717, 1.165) is 19.0 Å². The Hall–Kier alpha value is -0.860. The predicted molar refractivity (Wildman–Crippen MR) is 77.7 cm³/mol. The van der Waals surface area contributed by atoms with Crippen molar-refractivity contribution >= 4 is 0 Å². The zero-order chi connectivity index (χ0) is 13.0. The van der Waals surface area contributed by atoms with Gasteiger partial charge in [0.2, 0.25) is 0 Å². The number of nitrogens with zero attached hydrogens (tertiary/aromatic N) is 1. The van der Waals surface area contributed by atoms with Gasteiger partial charge in [0.15, 0.2) is 0 Å². The van der Waals surface area contributed by atoms with Gasteiger partial charge >= 0.3 is 0 Å². The number of likely N-dealkylation sites (tertiary alicyclic amines) is 1. The first-order valence-electron chi connectivity index (χ1n) is 7.23. The Bertz CT molecular complexity index is 349. The van der Waals surface area contributed by atoms with Crippen molar-refractivity contribution in [3.8, 4) is 0 Å². The molecule has 1 N–H and O–H groups in total. The van der Waals surface area contributed by atoms with Crippen LogP contribution in [-0.2, 0) is 0 Å². The lowest BCUT2D eigenvalue weighted by molar-refractivity contribution is 0.184. The zero-order valence-corrected chi connectivity index (χ0v) is 11.9. The Morgan fingerprint density at radius 1 is 1.28 bits per heavy atom. The van der Waals surface area contributed by atoms with Crippen LogP contribution in [-0.4, -0.2) is 30.6 Å². The highest BCUT2D eigenvalue weighted by molar-refractivity contribution is 5.20. The molecule has 0 radical (unpaired) electrons. The summed E-state index contributed by atoms with van der Waals surface area (Å²) >= 11 is 0. The third-order valence-electron chi connectivity index (χ3n) is 4.00. The zero-order valence-electron chi connectivity index (χ0n) is 11.9. The van der Waals surface area contributed by atoms with Crippen molar-refractivity contribution in [3.05, 3.63) is 35.9 Å². The molecule has 3 unspecified atom stereocenters. The summed E-state index contributed by atoms with van der Waals surface area (Å²) in [6.07, 6.45) is 1.33. The number of nitrogens with one attached hydrogen (secondary N) is 1. The smallest absolute Gasteiger partial charge is 0.0475 e. The molecule has 100 valence electrons. The van der Waals surface area contributed by atoms with E-state index in [2.05, 4.69) is 61.3 Å². The van der Waals surface area contributed by atoms with Gasteiger partial charge in [0.1, 0.15) is 0 Å². The number of hydrogen-bond acceptors (Lipinski definition) is 2. The second-order valence-corrected chi connectivity index (χ2v) is 5.62. The lowest BCUT2D eigenvalue weighted by Gasteiger charge is -2.32. The fraction of sp³-hybridized carbons (Fsp3) is 0.625. The first kappa shape index (κ1) is 13.6. The lowest BCUT2D eigenvalue weighted by Crippen LogP contribution is -2.38. The third-order valence-corrected chi connectivity index (χ3v) is 4.00. The van der Waals surface area contributed by atoms with Gasteiger partial charge in [-0.3, -0.25) is 4.90 Å². The molecule has 18 heavy (non-hydrogen) atoms. The highest BCUT2D eigenvalue weighted by Crippen LogP contribution is 2.31. The summed E-state index contributed by atoms with van der Waals surface area (Å²) < 4.78 is 0. The molecule has 0 saturated carbocycles. The first-order valence-corrected chi connectivity index (χ1v) is 7.23. The van der Waals surface area contributed by atoms with Crippen LogP contribution in [0.15, 0.2) is 30.3 Å². The topological polar surface area (TPSA) is 15.3 Å². The molecule has 0 aromatic heterocycles. The molecular weight excluding hydrogens is 220 g/mol. The fourth-order valence-electron chi connectivity index (χ4n) is 3.15. The highest BCUT2D eigenvalue weighted by atomic mass is 15.2. The van der Waals surface area contributed by atoms with Crippen LogP contribution in [0.2, 0.25) is 0 Å². The molecule has 2 heteroatoms. The Kier molecular flexibility index (Phi) is 4.79. The van der Waals surface area contributed by atoms with E-state index in [0.29, 0.717) is 12.1 Å². The molecule has 1 fully saturated rings. The highest BCUT2D eigenvalue weighted by Gasteiger charge is 2.32. The fourth-order valence-corrected chi connectivity index (χ4v) is 3.15. The molecule has 2 rings (SSSR count). The van der Waals surface area contributed by atoms with Crippen molar-refractivity contribution in [1.82, 2.24) is 10.2 Å². The van der Waals surface area contributed by atoms with Crippen LogP contribution in [0.5, 0.6) is 0 Å². The molecule has 1 heterocycles. The van der Waals surface area contributed by atoms with Gasteiger partial charge in [0.25, 0.3) is 0 Å². The largest absolute Gasteiger partial charge is 0.315 e. The van der Waals surface area contributed by atoms with Gasteiger partial charge in [-0.1, -0.05) is 44.2 Å². The summed E-state index contributed by atoms with van der Waals surface area (Å²) in [4.78, 5) is 2.67. The van der Waals surface area contributed by atoms with E-state index in [4.69, 9.17) is 0 Å². The van der Waals surface area contributed by atoms with E-state index in [-0.39, 0.29) is 0 Å². The minimum Gasteiger partial charge on any atom is -0.315 e. The van der Waals surface area contributed by atoms with Crippen molar-refractivity contribution in [3.63, 3.8) is 0 Å². The maximum absolute atomic E-state index is 3.52. The van der Waals surface area contributed by atoms with Crippen molar-refractivity contribution in [2.45, 2.75) is 39.3 Å². The van der Waals surface area contributed by atoms with E-state index in [1.165, 1.54) is 18.5 Å². The minimum absolute atomic E-state index is 0.520. The molecule has 1 aromatic rings. The summed E-state index contributed by atoms with van der Waals surface area (Å²) in [7, 11) is 0. The monoisotopic (exact) mass is 246 g/mol. The van der Waals surface area contributed by atoms with Gasteiger partial charge in [-0.25, -0.2) is 0 Å². The van der Waals surface area contributed by atoms with Crippen molar-refractivity contribution in [1.29, 1.82) is 0 Å². The molecule has 0 spiro atoms. The third kappa shape index (κ3) is 3.12. The lowest BCUT2D eigenvalue weighted by atomic mass is 10.0. The van der Waals surface area contributed by atoms with E-state index < -0.39 is 0 Å². The van der Waals surface area contributed by atoms with Gasteiger partial charge in [-0.2, -0.15) is 0 Å². The minimum atomic E-state index is 0.520. The van der Waals surface area contributed by atoms with Gasteiger partial charge in [0.05, 0.1) is 0 Å². The van der Waals surface area contributed by atoms with Crippen molar-refractivity contribution in [2.75, 3.05) is 19.6 Å². The average molecular weight is 246 g/mol. The second kappa shape index (κ2) is 6.35. The summed E-state index contributed by atoms with van der Waals surface area (Å²) in [5.41, 5.74) is 1.44. The summed E-state index contributed by atoms with van der Waals surface area (Å²) in [6, 6.07) is 12.1. The SMILES string of the molecule is CCNCC(c1ccccc1)N1CC(C)CC1C. The van der Waals surface area contributed by atoms with Crippen molar-refractivity contribution < 1.29 is 0 Å². The number of likely N-dealkylation sites (N-methyl/N-ethyl adjacent to an activating group) is 1. The van der Waals surface area contributed by atoms with E-state index in [9.17, 15) is 0 Å². The Labute approximate surface area is 111 Å². The average Bonchev–Trinajstić information content (AvgIpc) is 2.70. The van der Waals surface area contributed by atoms with Crippen LogP contribution >= 0.6 is 0 Å². The van der Waals surface area contributed by atoms with Gasteiger partial charge in [-0.05, 0) is 31.4 Å². The maximum Gasteiger partial charge on any atom is 0.0475 e. The van der Waals surface area contributed by atoms with E-state index >= 15 is 0 Å². The summed E-state index contributed by atoms with van der Waals surface area (Å²) in [5, 5.41) is 3.52. The summed E-state index contributed by atoms with van der Waals surface area (Å²) in [5.74, 6) is 0.827. The standard InChI is InChI=1S/C16H26N2/c1-4-17-11-16(15-8-6-5-7-9-15)18-12-13(2)10-14(18)3/h5-9,13-14,16-17H,4,10-12H2,1-3H3. The molecule has 2 nitrogen and oxygen atoms in total. The number of hydrogen-bond donors (Lipinski definition) is 1. The molecule has 0 bridgehead atoms. The van der Waals surface area contributed by atoms with E-state index in [1.54, 1.807) is 0 Å². The maximum atomic E-state index is 3.52. The van der Waals surface area contributed by atoms with E-state index in [1.807, 2.05) is 0 Å². The number of rotatable bonds is 5. The molecular formula is C16H26N2. The normalized spacial score (nSPS) is 26.4. The summed E-state index contributed by atoms with van der Waals surface area (Å²) in [6.45, 7) is 10.2. The Morgan fingerprint density at radius 2 is 2.00 bits per heavy atom. The van der Waals surface area contributed by atoms with Gasteiger partial charge in [0, 0.05) is 25.2 Å². The van der Waals surface area contributed by atoms with Gasteiger partial charge in [-0.15, -0.1) is 0 Å². The molecule has 0 aliphatic carbocycles. The molecule has 1 aromatic carbocycles. The van der Waals surface area contributed by atoms with Crippen LogP contribution in [0.25, 0.3) is 0 Å². The predicted octanol–water partition coefficient (Wildman–Crippen LogP) is 3.07. The van der Waals surface area contributed by atoms with Crippen LogP contribution in [0, 0.1) is 5.92 Å². The van der Waals surface area contributed by atoms with Crippen molar-refractivity contribution in [2.24, 2.45) is 5.92 Å². The first-order chi connectivity index (χ1) is 8.72. The second-order valence-electron chi connectivity index (χ2n) is 5.62. The Morgan fingerprint density at radius 3 is 2.56 bits per heavy atom. The molecule has 3 atom stereocenters. The molecule has 0 amide bonds. The van der Waals surface area contributed by atoms with Crippen LogP contribution in [0.3, 0.4) is 0 Å². The molecule has 1 saturated heterocycles. The number of benzene rings is 1. The Balaban J connectivity index is 2.15. The van der Waals surface area contributed by atoms with Crippen LogP contribution < -0.4 is 5.32 Å². The molecule has 1 aliphatic rings. The van der Waals surface area contributed by atoms with Gasteiger partial charge < -0.3 is 5.32 Å². The van der Waals surface area contributed by atoms with Crippen LogP contribution in [0.1, 0.15) is 38.8 Å². The quantitative estimate of drug-likeness (QED) is 0.859.